The van der Waals surface area contributed by atoms with Gasteiger partial charge in [-0.3, -0.25) is 14.9 Å². The zero-order valence-corrected chi connectivity index (χ0v) is 10.9. The highest BCUT2D eigenvalue weighted by atomic mass is 32.1. The minimum absolute atomic E-state index is 0.383. The molecule has 0 saturated heterocycles. The highest BCUT2D eigenvalue weighted by Gasteiger charge is 2.15. The van der Waals surface area contributed by atoms with Gasteiger partial charge in [0.2, 0.25) is 0 Å². The van der Waals surface area contributed by atoms with Gasteiger partial charge in [-0.1, -0.05) is 0 Å². The number of thiazole rings is 1. The monoisotopic (exact) mass is 287 g/mol. The number of fused-ring (bicyclic) bond motifs is 1. The molecule has 7 nitrogen and oxygen atoms in total. The van der Waals surface area contributed by atoms with Crippen LogP contribution in [0.3, 0.4) is 0 Å². The van der Waals surface area contributed by atoms with Crippen LogP contribution in [0.25, 0.3) is 11.0 Å². The Labute approximate surface area is 117 Å². The average molecular weight is 287 g/mol. The molecule has 2 amide bonds. The molecule has 3 rings (SSSR count). The van der Waals surface area contributed by atoms with Gasteiger partial charge in [-0.15, -0.1) is 11.3 Å². The molecule has 0 bridgehead atoms. The molecule has 8 heteroatoms. The first-order chi connectivity index (χ1) is 9.72. The number of carbonyl (C=O) groups is 2. The standard InChI is InChI=1S/C12H9N5O2S/c18-10(11(19)17-12-13-3-4-20-12)16-7-1-2-8-9(5-7)15-6-14-8/h1-6H,(H,14,15)(H,16,18)(H,13,17,19). The van der Waals surface area contributed by atoms with Gasteiger partial charge in [0.15, 0.2) is 5.13 Å². The lowest BCUT2D eigenvalue weighted by molar-refractivity contribution is -0.132. The van der Waals surface area contributed by atoms with E-state index in [1.54, 1.807) is 36.1 Å². The summed E-state index contributed by atoms with van der Waals surface area (Å²) in [5.74, 6) is -1.51. The van der Waals surface area contributed by atoms with Crippen LogP contribution in [0.1, 0.15) is 0 Å². The van der Waals surface area contributed by atoms with Gasteiger partial charge in [0.05, 0.1) is 17.4 Å². The van der Waals surface area contributed by atoms with E-state index >= 15 is 0 Å². The van der Waals surface area contributed by atoms with Gasteiger partial charge in [0, 0.05) is 17.3 Å². The van der Waals surface area contributed by atoms with E-state index in [0.717, 1.165) is 11.0 Å². The third kappa shape index (κ3) is 2.50. The van der Waals surface area contributed by atoms with E-state index in [1.807, 2.05) is 0 Å². The number of carbonyl (C=O) groups excluding carboxylic acids is 2. The third-order valence-electron chi connectivity index (χ3n) is 2.54. The van der Waals surface area contributed by atoms with Crippen molar-refractivity contribution in [3.05, 3.63) is 36.1 Å². The molecule has 3 N–H and O–H groups in total. The highest BCUT2D eigenvalue weighted by molar-refractivity contribution is 7.13. The number of hydrogen-bond acceptors (Lipinski definition) is 5. The zero-order valence-electron chi connectivity index (χ0n) is 10.1. The van der Waals surface area contributed by atoms with E-state index in [4.69, 9.17) is 0 Å². The van der Waals surface area contributed by atoms with E-state index in [-0.39, 0.29) is 0 Å². The molecule has 1 aromatic carbocycles. The van der Waals surface area contributed by atoms with Crippen molar-refractivity contribution in [2.75, 3.05) is 10.6 Å². The van der Waals surface area contributed by atoms with Crippen molar-refractivity contribution >= 4 is 45.0 Å². The molecule has 2 heterocycles. The smallest absolute Gasteiger partial charge is 0.315 e. The van der Waals surface area contributed by atoms with Gasteiger partial charge in [-0.25, -0.2) is 9.97 Å². The summed E-state index contributed by atoms with van der Waals surface area (Å²) in [5.41, 5.74) is 2.08. The van der Waals surface area contributed by atoms with E-state index in [2.05, 4.69) is 25.6 Å². The Balaban J connectivity index is 1.70. The summed E-state index contributed by atoms with van der Waals surface area (Å²) in [5, 5.41) is 7.02. The fraction of sp³-hybridized carbons (Fsp3) is 0. The summed E-state index contributed by atoms with van der Waals surface area (Å²) >= 11 is 1.24. The molecular weight excluding hydrogens is 278 g/mol. The Morgan fingerprint density at radius 2 is 2.00 bits per heavy atom. The maximum atomic E-state index is 11.7. The summed E-state index contributed by atoms with van der Waals surface area (Å²) in [4.78, 5) is 34.3. The van der Waals surface area contributed by atoms with Gasteiger partial charge in [0.1, 0.15) is 0 Å². The first kappa shape index (κ1) is 12.3. The zero-order chi connectivity index (χ0) is 13.9. The SMILES string of the molecule is O=C(Nc1ccc2nc[nH]c2c1)C(=O)Nc1nccs1. The highest BCUT2D eigenvalue weighted by Crippen LogP contribution is 2.16. The van der Waals surface area contributed by atoms with Crippen LogP contribution in [0, 0.1) is 0 Å². The van der Waals surface area contributed by atoms with Crippen molar-refractivity contribution < 1.29 is 9.59 Å². The Morgan fingerprint density at radius 1 is 1.15 bits per heavy atom. The van der Waals surface area contributed by atoms with Crippen molar-refractivity contribution in [2.24, 2.45) is 0 Å². The molecule has 0 saturated carbocycles. The quantitative estimate of drug-likeness (QED) is 0.623. The predicted molar refractivity (Wildman–Crippen MR) is 75.5 cm³/mol. The van der Waals surface area contributed by atoms with Crippen LogP contribution in [-0.4, -0.2) is 26.8 Å². The number of H-pyrrole nitrogens is 1. The van der Waals surface area contributed by atoms with Crippen molar-refractivity contribution in [2.45, 2.75) is 0 Å². The van der Waals surface area contributed by atoms with Crippen molar-refractivity contribution in [3.63, 3.8) is 0 Å². The molecule has 0 unspecified atom stereocenters. The first-order valence-corrected chi connectivity index (χ1v) is 6.55. The molecule has 100 valence electrons. The number of rotatable bonds is 2. The lowest BCUT2D eigenvalue weighted by Gasteiger charge is -2.04. The fourth-order valence-electron chi connectivity index (χ4n) is 1.64. The lowest BCUT2D eigenvalue weighted by Crippen LogP contribution is -2.28. The van der Waals surface area contributed by atoms with Crippen molar-refractivity contribution in [1.29, 1.82) is 0 Å². The van der Waals surface area contributed by atoms with Crippen LogP contribution < -0.4 is 10.6 Å². The first-order valence-electron chi connectivity index (χ1n) is 5.67. The molecule has 2 aromatic heterocycles. The minimum atomic E-state index is -0.760. The molecule has 0 aliphatic carbocycles. The van der Waals surface area contributed by atoms with Gasteiger partial charge in [0.25, 0.3) is 0 Å². The number of nitrogens with one attached hydrogen (secondary N) is 3. The third-order valence-corrected chi connectivity index (χ3v) is 3.23. The second-order valence-electron chi connectivity index (χ2n) is 3.88. The molecule has 0 atom stereocenters. The van der Waals surface area contributed by atoms with Crippen LogP contribution in [0.4, 0.5) is 10.8 Å². The van der Waals surface area contributed by atoms with Gasteiger partial charge in [-0.05, 0) is 18.2 Å². The molecule has 0 fully saturated rings. The van der Waals surface area contributed by atoms with E-state index < -0.39 is 11.8 Å². The van der Waals surface area contributed by atoms with Crippen molar-refractivity contribution in [3.8, 4) is 0 Å². The molecule has 0 radical (unpaired) electrons. The Morgan fingerprint density at radius 3 is 2.80 bits per heavy atom. The molecular formula is C12H9N5O2S. The van der Waals surface area contributed by atoms with Crippen LogP contribution in [-0.2, 0) is 9.59 Å². The number of aromatic amines is 1. The number of benzene rings is 1. The molecule has 0 aliphatic heterocycles. The summed E-state index contributed by atoms with van der Waals surface area (Å²) < 4.78 is 0. The molecule has 0 aliphatic rings. The number of anilines is 2. The van der Waals surface area contributed by atoms with Crippen LogP contribution in [0.15, 0.2) is 36.1 Å². The maximum absolute atomic E-state index is 11.7. The van der Waals surface area contributed by atoms with Crippen molar-refractivity contribution in [1.82, 2.24) is 15.0 Å². The van der Waals surface area contributed by atoms with Gasteiger partial charge in [-0.2, -0.15) is 0 Å². The maximum Gasteiger partial charge on any atom is 0.315 e. The summed E-state index contributed by atoms with van der Waals surface area (Å²) in [6.07, 6.45) is 3.11. The fourth-order valence-corrected chi connectivity index (χ4v) is 2.16. The Bertz CT molecular complexity index is 765. The average Bonchev–Trinajstić information content (AvgIpc) is 3.08. The number of hydrogen-bond donors (Lipinski definition) is 3. The van der Waals surface area contributed by atoms with Gasteiger partial charge < -0.3 is 10.3 Å². The van der Waals surface area contributed by atoms with Crippen LogP contribution in [0.2, 0.25) is 0 Å². The number of amides is 2. The Hall–Kier alpha value is -2.74. The molecule has 0 spiro atoms. The number of nitrogens with zero attached hydrogens (tertiary/aromatic N) is 2. The second-order valence-corrected chi connectivity index (χ2v) is 4.77. The van der Waals surface area contributed by atoms with Crippen LogP contribution >= 0.6 is 11.3 Å². The number of aromatic nitrogens is 3. The predicted octanol–water partition coefficient (Wildman–Crippen LogP) is 1.60. The van der Waals surface area contributed by atoms with E-state index in [9.17, 15) is 9.59 Å². The second kappa shape index (κ2) is 5.10. The Kier molecular flexibility index (Phi) is 3.13. The summed E-state index contributed by atoms with van der Waals surface area (Å²) in [6, 6.07) is 5.13. The lowest BCUT2D eigenvalue weighted by atomic mass is 10.2. The van der Waals surface area contributed by atoms with Gasteiger partial charge >= 0.3 is 11.8 Å². The van der Waals surface area contributed by atoms with Crippen LogP contribution in [0.5, 0.6) is 0 Å². The van der Waals surface area contributed by atoms with E-state index in [0.29, 0.717) is 10.8 Å². The largest absolute Gasteiger partial charge is 0.345 e. The number of imidazole rings is 1. The minimum Gasteiger partial charge on any atom is -0.345 e. The normalized spacial score (nSPS) is 10.4. The summed E-state index contributed by atoms with van der Waals surface area (Å²) in [6.45, 7) is 0. The topological polar surface area (TPSA) is 99.8 Å². The summed E-state index contributed by atoms with van der Waals surface area (Å²) in [7, 11) is 0. The molecule has 3 aromatic rings. The molecule has 20 heavy (non-hydrogen) atoms. The van der Waals surface area contributed by atoms with E-state index in [1.165, 1.54) is 11.3 Å².